The molecule has 0 N–H and O–H groups in total. The summed E-state index contributed by atoms with van der Waals surface area (Å²) in [5.41, 5.74) is 3.23. The number of rotatable bonds is 5. The molecule has 0 aliphatic heterocycles. The minimum Gasteiger partial charge on any atom is -0.205 e. The summed E-state index contributed by atoms with van der Waals surface area (Å²) >= 11 is 5.49. The standard InChI is InChI=1S/C32H24ClF3/c1-2-3-4-5-6-22-7-9-23(10-8-22)11-12-24-14-18-28-27(19-24)17-16-26(32(28)36)15-13-25-20-29(34)31(33)30(35)21-25/h7-10,14,16-21H,2-6H2,1H3. The van der Waals surface area contributed by atoms with Crippen molar-refractivity contribution in [1.29, 1.82) is 0 Å². The van der Waals surface area contributed by atoms with Crippen molar-refractivity contribution in [2.24, 2.45) is 0 Å². The van der Waals surface area contributed by atoms with E-state index in [0.717, 1.165) is 29.7 Å². The molecule has 4 aromatic rings. The fraction of sp³-hybridized carbons (Fsp3) is 0.188. The Kier molecular flexibility index (Phi) is 8.37. The number of fused-ring (bicyclic) bond motifs is 1. The van der Waals surface area contributed by atoms with Crippen LogP contribution in [0.1, 0.15) is 60.4 Å². The number of hydrogen-bond acceptors (Lipinski definition) is 0. The molecule has 0 aliphatic carbocycles. The van der Waals surface area contributed by atoms with E-state index in [1.807, 2.05) is 18.2 Å². The average Bonchev–Trinajstić information content (AvgIpc) is 2.88. The summed E-state index contributed by atoms with van der Waals surface area (Å²) in [7, 11) is 0. The Hall–Kier alpha value is -3.66. The number of aryl methyl sites for hydroxylation is 1. The molecule has 0 bridgehead atoms. The van der Waals surface area contributed by atoms with Crippen LogP contribution in [0, 0.1) is 41.1 Å². The van der Waals surface area contributed by atoms with Crippen molar-refractivity contribution in [2.75, 3.05) is 0 Å². The predicted octanol–water partition coefficient (Wildman–Crippen LogP) is 8.83. The third-order valence-corrected chi connectivity index (χ3v) is 6.26. The molecular formula is C32H24ClF3. The predicted molar refractivity (Wildman–Crippen MR) is 142 cm³/mol. The molecule has 4 rings (SSSR count). The quantitative estimate of drug-likeness (QED) is 0.146. The maximum atomic E-state index is 15.0. The Morgan fingerprint density at radius 3 is 2.06 bits per heavy atom. The Labute approximate surface area is 215 Å². The van der Waals surface area contributed by atoms with Crippen molar-refractivity contribution in [3.05, 3.63) is 117 Å². The first-order chi connectivity index (χ1) is 17.4. The monoisotopic (exact) mass is 500 g/mol. The summed E-state index contributed by atoms with van der Waals surface area (Å²) in [5.74, 6) is 9.24. The van der Waals surface area contributed by atoms with Gasteiger partial charge in [0, 0.05) is 22.1 Å². The van der Waals surface area contributed by atoms with Crippen molar-refractivity contribution in [2.45, 2.75) is 39.0 Å². The molecule has 0 saturated carbocycles. The molecule has 0 aromatic heterocycles. The number of benzene rings is 4. The molecule has 0 unspecified atom stereocenters. The molecule has 0 heterocycles. The lowest BCUT2D eigenvalue weighted by Gasteiger charge is -2.03. The maximum Gasteiger partial charge on any atom is 0.146 e. The molecule has 0 nitrogen and oxygen atoms in total. The smallest absolute Gasteiger partial charge is 0.146 e. The Bertz CT molecular complexity index is 1490. The van der Waals surface area contributed by atoms with Gasteiger partial charge in [-0.05, 0) is 66.3 Å². The normalized spacial score (nSPS) is 10.5. The van der Waals surface area contributed by atoms with E-state index in [-0.39, 0.29) is 11.1 Å². The van der Waals surface area contributed by atoms with Gasteiger partial charge in [0.15, 0.2) is 0 Å². The molecule has 180 valence electrons. The van der Waals surface area contributed by atoms with E-state index in [0.29, 0.717) is 10.8 Å². The first-order valence-corrected chi connectivity index (χ1v) is 12.3. The van der Waals surface area contributed by atoms with Crippen LogP contribution >= 0.6 is 11.6 Å². The van der Waals surface area contributed by atoms with Gasteiger partial charge >= 0.3 is 0 Å². The fourth-order valence-corrected chi connectivity index (χ4v) is 4.00. The third-order valence-electron chi connectivity index (χ3n) is 5.90. The van der Waals surface area contributed by atoms with Gasteiger partial charge in [0.25, 0.3) is 0 Å². The lowest BCUT2D eigenvalue weighted by Crippen LogP contribution is -1.89. The van der Waals surface area contributed by atoms with E-state index in [2.05, 4.69) is 42.7 Å². The second-order valence-electron chi connectivity index (χ2n) is 8.62. The van der Waals surface area contributed by atoms with Gasteiger partial charge in [-0.15, -0.1) is 0 Å². The largest absolute Gasteiger partial charge is 0.205 e. The molecule has 0 aliphatic rings. The molecule has 0 fully saturated rings. The molecule has 36 heavy (non-hydrogen) atoms. The van der Waals surface area contributed by atoms with Crippen LogP contribution in [0.5, 0.6) is 0 Å². The maximum absolute atomic E-state index is 15.0. The third kappa shape index (κ3) is 6.31. The van der Waals surface area contributed by atoms with Crippen molar-refractivity contribution in [1.82, 2.24) is 0 Å². The van der Waals surface area contributed by atoms with Gasteiger partial charge < -0.3 is 0 Å². The molecule has 0 spiro atoms. The van der Waals surface area contributed by atoms with Crippen molar-refractivity contribution in [3.8, 4) is 23.7 Å². The molecule has 0 radical (unpaired) electrons. The Morgan fingerprint density at radius 2 is 1.33 bits per heavy atom. The van der Waals surface area contributed by atoms with Gasteiger partial charge in [-0.1, -0.05) is 85.7 Å². The number of unbranched alkanes of at least 4 members (excludes halogenated alkanes) is 3. The van der Waals surface area contributed by atoms with Crippen LogP contribution in [0.2, 0.25) is 5.02 Å². The van der Waals surface area contributed by atoms with Crippen LogP contribution in [-0.4, -0.2) is 0 Å². The Balaban J connectivity index is 1.50. The Morgan fingerprint density at radius 1 is 0.667 bits per heavy atom. The van der Waals surface area contributed by atoms with Crippen molar-refractivity contribution < 1.29 is 13.2 Å². The molecule has 4 heteroatoms. The van der Waals surface area contributed by atoms with Gasteiger partial charge in [0.1, 0.15) is 22.5 Å². The highest BCUT2D eigenvalue weighted by Crippen LogP contribution is 2.23. The van der Waals surface area contributed by atoms with Crippen LogP contribution in [0.4, 0.5) is 13.2 Å². The minimum atomic E-state index is -0.910. The lowest BCUT2D eigenvalue weighted by molar-refractivity contribution is 0.583. The first-order valence-electron chi connectivity index (χ1n) is 11.9. The van der Waals surface area contributed by atoms with Crippen molar-refractivity contribution in [3.63, 3.8) is 0 Å². The summed E-state index contributed by atoms with van der Waals surface area (Å²) in [6.45, 7) is 2.21. The van der Waals surface area contributed by atoms with Crippen LogP contribution in [-0.2, 0) is 6.42 Å². The molecule has 0 atom stereocenters. The molecule has 0 saturated heterocycles. The van der Waals surface area contributed by atoms with Gasteiger partial charge in [0.2, 0.25) is 0 Å². The van der Waals surface area contributed by atoms with Gasteiger partial charge in [0.05, 0.1) is 5.56 Å². The average molecular weight is 501 g/mol. The van der Waals surface area contributed by atoms with Crippen LogP contribution in [0.15, 0.2) is 66.7 Å². The van der Waals surface area contributed by atoms with E-state index >= 15 is 4.39 Å². The fourth-order valence-electron chi connectivity index (χ4n) is 3.89. The SMILES string of the molecule is CCCCCCc1ccc(C#Cc2ccc3c(F)c(C#Cc4cc(F)c(Cl)c(F)c4)ccc3c2)cc1. The lowest BCUT2D eigenvalue weighted by atomic mass is 10.0. The van der Waals surface area contributed by atoms with Gasteiger partial charge in [-0.25, -0.2) is 13.2 Å². The molecular weight excluding hydrogens is 477 g/mol. The van der Waals surface area contributed by atoms with Crippen LogP contribution in [0.25, 0.3) is 10.8 Å². The number of hydrogen-bond donors (Lipinski definition) is 0. The van der Waals surface area contributed by atoms with E-state index < -0.39 is 22.5 Å². The highest BCUT2D eigenvalue weighted by atomic mass is 35.5. The zero-order valence-electron chi connectivity index (χ0n) is 19.9. The van der Waals surface area contributed by atoms with Gasteiger partial charge in [-0.2, -0.15) is 0 Å². The van der Waals surface area contributed by atoms with Crippen molar-refractivity contribution >= 4 is 22.4 Å². The van der Waals surface area contributed by atoms with E-state index in [1.54, 1.807) is 24.3 Å². The number of halogens is 4. The summed E-state index contributed by atoms with van der Waals surface area (Å²) in [5, 5.41) is 0.496. The minimum absolute atomic E-state index is 0.0732. The van der Waals surface area contributed by atoms with E-state index in [4.69, 9.17) is 11.6 Å². The topological polar surface area (TPSA) is 0 Å². The molecule has 0 amide bonds. The highest BCUT2D eigenvalue weighted by Gasteiger charge is 2.09. The zero-order chi connectivity index (χ0) is 25.5. The van der Waals surface area contributed by atoms with E-state index in [9.17, 15) is 8.78 Å². The van der Waals surface area contributed by atoms with Crippen LogP contribution < -0.4 is 0 Å². The summed E-state index contributed by atoms with van der Waals surface area (Å²) in [6, 6.07) is 18.9. The van der Waals surface area contributed by atoms with Gasteiger partial charge in [-0.3, -0.25) is 0 Å². The highest BCUT2D eigenvalue weighted by molar-refractivity contribution is 6.30. The van der Waals surface area contributed by atoms with E-state index in [1.165, 1.54) is 31.2 Å². The summed E-state index contributed by atoms with van der Waals surface area (Å²) < 4.78 is 42.3. The zero-order valence-corrected chi connectivity index (χ0v) is 20.7. The summed E-state index contributed by atoms with van der Waals surface area (Å²) in [4.78, 5) is 0. The second-order valence-corrected chi connectivity index (χ2v) is 9.00. The van der Waals surface area contributed by atoms with Crippen LogP contribution in [0.3, 0.4) is 0 Å². The summed E-state index contributed by atoms with van der Waals surface area (Å²) in [6.07, 6.45) is 6.07. The molecule has 4 aromatic carbocycles. The first kappa shape index (κ1) is 25.4. The second kappa shape index (κ2) is 11.9.